The lowest BCUT2D eigenvalue weighted by Gasteiger charge is -2.32. The van der Waals surface area contributed by atoms with Crippen molar-refractivity contribution in [3.05, 3.63) is 77.4 Å². The summed E-state index contributed by atoms with van der Waals surface area (Å²) in [5.41, 5.74) is 3.85. The molecule has 1 amide bonds. The van der Waals surface area contributed by atoms with Gasteiger partial charge >= 0.3 is 0 Å². The summed E-state index contributed by atoms with van der Waals surface area (Å²) in [5, 5.41) is 6.28. The van der Waals surface area contributed by atoms with Crippen molar-refractivity contribution in [1.29, 1.82) is 0 Å². The van der Waals surface area contributed by atoms with Crippen LogP contribution in [-0.2, 0) is 11.3 Å². The van der Waals surface area contributed by atoms with E-state index in [-0.39, 0.29) is 11.9 Å². The first-order valence-electron chi connectivity index (χ1n) is 11.2. The van der Waals surface area contributed by atoms with E-state index < -0.39 is 0 Å². The van der Waals surface area contributed by atoms with Crippen LogP contribution >= 0.6 is 0 Å². The number of fused-ring (bicyclic) bond motifs is 1. The van der Waals surface area contributed by atoms with Crippen molar-refractivity contribution in [2.45, 2.75) is 45.2 Å². The maximum absolute atomic E-state index is 11.7. The number of nitrogens with one attached hydrogen (secondary N) is 1. The number of methoxy groups -OCH3 is 1. The third-order valence-electron chi connectivity index (χ3n) is 6.58. The van der Waals surface area contributed by atoms with Crippen molar-refractivity contribution >= 4 is 16.7 Å². The van der Waals surface area contributed by atoms with E-state index in [0.29, 0.717) is 5.92 Å². The number of likely N-dealkylation sites (tertiary alicyclic amines) is 1. The van der Waals surface area contributed by atoms with Gasteiger partial charge in [0.05, 0.1) is 7.11 Å². The molecular formula is C27H32N2O2. The molecule has 1 atom stereocenters. The quantitative estimate of drug-likeness (QED) is 0.583. The van der Waals surface area contributed by atoms with E-state index in [1.807, 2.05) is 4.90 Å². The van der Waals surface area contributed by atoms with E-state index in [1.165, 1.54) is 27.5 Å². The zero-order valence-electron chi connectivity index (χ0n) is 18.7. The fraction of sp³-hybridized carbons (Fsp3) is 0.370. The number of carbonyl (C=O) groups excluding carboxylic acids is 1. The monoisotopic (exact) mass is 416 g/mol. The molecule has 1 aliphatic heterocycles. The minimum atomic E-state index is 0.172. The second kappa shape index (κ2) is 9.52. The van der Waals surface area contributed by atoms with Crippen LogP contribution in [0.15, 0.2) is 60.7 Å². The molecule has 4 nitrogen and oxygen atoms in total. The molecule has 0 spiro atoms. The Morgan fingerprint density at radius 2 is 1.84 bits per heavy atom. The van der Waals surface area contributed by atoms with Gasteiger partial charge in [0, 0.05) is 32.6 Å². The first-order valence-corrected chi connectivity index (χ1v) is 11.2. The number of hydrogen-bond donors (Lipinski definition) is 1. The Hall–Kier alpha value is -2.85. The van der Waals surface area contributed by atoms with E-state index in [4.69, 9.17) is 4.74 Å². The molecule has 3 aromatic rings. The second-order valence-electron chi connectivity index (χ2n) is 8.53. The summed E-state index contributed by atoms with van der Waals surface area (Å²) in [5.74, 6) is 1.55. The van der Waals surface area contributed by atoms with Gasteiger partial charge in [0.15, 0.2) is 0 Å². The summed E-state index contributed by atoms with van der Waals surface area (Å²) in [4.78, 5) is 13.6. The predicted molar refractivity (Wildman–Crippen MR) is 126 cm³/mol. The lowest BCUT2D eigenvalue weighted by molar-refractivity contribution is -0.129. The van der Waals surface area contributed by atoms with Gasteiger partial charge in [-0.15, -0.1) is 0 Å². The summed E-state index contributed by atoms with van der Waals surface area (Å²) in [7, 11) is 1.74. The standard InChI is InChI=1S/C27H32N2O2/c1-19(24-10-6-8-22-7-4-5-9-25(22)24)28-18-21-11-12-27(31-3)26(17-21)23-13-15-29(16-14-23)20(2)30/h4-12,17,19,23,28H,13-16,18H2,1-3H3. The van der Waals surface area contributed by atoms with Crippen molar-refractivity contribution < 1.29 is 9.53 Å². The van der Waals surface area contributed by atoms with E-state index in [0.717, 1.165) is 38.2 Å². The van der Waals surface area contributed by atoms with Crippen molar-refractivity contribution in [2.24, 2.45) is 0 Å². The first-order chi connectivity index (χ1) is 15.1. The fourth-order valence-corrected chi connectivity index (χ4v) is 4.73. The molecule has 1 aliphatic rings. The molecule has 162 valence electrons. The number of hydrogen-bond acceptors (Lipinski definition) is 3. The highest BCUT2D eigenvalue weighted by Crippen LogP contribution is 2.35. The number of amides is 1. The van der Waals surface area contributed by atoms with Gasteiger partial charge in [-0.3, -0.25) is 4.79 Å². The molecule has 4 rings (SSSR count). The van der Waals surface area contributed by atoms with Crippen LogP contribution in [0.2, 0.25) is 0 Å². The highest BCUT2D eigenvalue weighted by atomic mass is 16.5. The molecule has 1 N–H and O–H groups in total. The van der Waals surface area contributed by atoms with E-state index in [2.05, 4.69) is 72.9 Å². The Balaban J connectivity index is 1.48. The molecule has 1 unspecified atom stereocenters. The molecule has 0 aliphatic carbocycles. The molecule has 0 radical (unpaired) electrons. The normalized spacial score (nSPS) is 15.8. The minimum absolute atomic E-state index is 0.172. The lowest BCUT2D eigenvalue weighted by atomic mass is 9.87. The van der Waals surface area contributed by atoms with E-state index in [1.54, 1.807) is 14.0 Å². The zero-order chi connectivity index (χ0) is 21.8. The molecule has 1 fully saturated rings. The highest BCUT2D eigenvalue weighted by molar-refractivity contribution is 5.86. The first kappa shape index (κ1) is 21.4. The average Bonchev–Trinajstić information content (AvgIpc) is 2.82. The van der Waals surface area contributed by atoms with Crippen LogP contribution < -0.4 is 10.1 Å². The second-order valence-corrected chi connectivity index (χ2v) is 8.53. The fourth-order valence-electron chi connectivity index (χ4n) is 4.73. The van der Waals surface area contributed by atoms with Crippen LogP contribution in [0.5, 0.6) is 5.75 Å². The van der Waals surface area contributed by atoms with Crippen LogP contribution in [0.4, 0.5) is 0 Å². The van der Waals surface area contributed by atoms with Crippen molar-refractivity contribution in [3.8, 4) is 5.75 Å². The molecular weight excluding hydrogens is 384 g/mol. The van der Waals surface area contributed by atoms with Gasteiger partial charge in [-0.2, -0.15) is 0 Å². The highest BCUT2D eigenvalue weighted by Gasteiger charge is 2.24. The maximum atomic E-state index is 11.7. The molecule has 31 heavy (non-hydrogen) atoms. The Labute approximate surface area is 185 Å². The average molecular weight is 417 g/mol. The summed E-state index contributed by atoms with van der Waals surface area (Å²) in [6, 6.07) is 21.8. The van der Waals surface area contributed by atoms with Crippen molar-refractivity contribution in [1.82, 2.24) is 10.2 Å². The molecule has 0 bridgehead atoms. The van der Waals surface area contributed by atoms with Crippen LogP contribution in [0.25, 0.3) is 10.8 Å². The number of nitrogens with zero attached hydrogens (tertiary/aromatic N) is 1. The maximum Gasteiger partial charge on any atom is 0.219 e. The van der Waals surface area contributed by atoms with Gasteiger partial charge in [-0.25, -0.2) is 0 Å². The number of piperidine rings is 1. The summed E-state index contributed by atoms with van der Waals surface area (Å²) in [6.45, 7) is 6.33. The van der Waals surface area contributed by atoms with Crippen LogP contribution in [0.3, 0.4) is 0 Å². The molecule has 0 saturated carbocycles. The largest absolute Gasteiger partial charge is 0.496 e. The van der Waals surface area contributed by atoms with Crippen LogP contribution in [0, 0.1) is 0 Å². The number of rotatable bonds is 6. The van der Waals surface area contributed by atoms with E-state index >= 15 is 0 Å². The zero-order valence-corrected chi connectivity index (χ0v) is 18.7. The van der Waals surface area contributed by atoms with Crippen molar-refractivity contribution in [3.63, 3.8) is 0 Å². The number of benzene rings is 3. The number of ether oxygens (including phenoxy) is 1. The summed E-state index contributed by atoms with van der Waals surface area (Å²) >= 11 is 0. The third kappa shape index (κ3) is 4.75. The Morgan fingerprint density at radius 1 is 1.10 bits per heavy atom. The summed E-state index contributed by atoms with van der Waals surface area (Å²) in [6.07, 6.45) is 1.97. The van der Waals surface area contributed by atoms with Gasteiger partial charge < -0.3 is 15.0 Å². The molecule has 4 heteroatoms. The lowest BCUT2D eigenvalue weighted by Crippen LogP contribution is -2.36. The molecule has 0 aromatic heterocycles. The number of carbonyl (C=O) groups is 1. The Morgan fingerprint density at radius 3 is 2.58 bits per heavy atom. The van der Waals surface area contributed by atoms with Gasteiger partial charge in [0.2, 0.25) is 5.91 Å². The Kier molecular flexibility index (Phi) is 6.57. The smallest absolute Gasteiger partial charge is 0.219 e. The topological polar surface area (TPSA) is 41.6 Å². The van der Waals surface area contributed by atoms with Crippen molar-refractivity contribution in [2.75, 3.05) is 20.2 Å². The van der Waals surface area contributed by atoms with Crippen LogP contribution in [-0.4, -0.2) is 31.0 Å². The molecule has 1 saturated heterocycles. The predicted octanol–water partition coefficient (Wildman–Crippen LogP) is 5.43. The SMILES string of the molecule is COc1ccc(CNC(C)c2cccc3ccccc23)cc1C1CCN(C(C)=O)CC1. The summed E-state index contributed by atoms with van der Waals surface area (Å²) < 4.78 is 5.67. The van der Waals surface area contributed by atoms with Gasteiger partial charge in [-0.1, -0.05) is 54.6 Å². The Bertz CT molecular complexity index is 1050. The van der Waals surface area contributed by atoms with E-state index in [9.17, 15) is 4.79 Å². The van der Waals surface area contributed by atoms with Gasteiger partial charge in [0.25, 0.3) is 0 Å². The van der Waals surface area contributed by atoms with Gasteiger partial charge in [0.1, 0.15) is 5.75 Å². The molecule has 1 heterocycles. The minimum Gasteiger partial charge on any atom is -0.496 e. The van der Waals surface area contributed by atoms with Crippen LogP contribution in [0.1, 0.15) is 55.3 Å². The van der Waals surface area contributed by atoms with Gasteiger partial charge in [-0.05, 0) is 59.2 Å². The third-order valence-corrected chi connectivity index (χ3v) is 6.58. The molecule has 3 aromatic carbocycles.